The minimum atomic E-state index is -0.103. The number of aryl methyl sites for hydroxylation is 2. The van der Waals surface area contributed by atoms with Crippen LogP contribution in [-0.4, -0.2) is 41.9 Å². The van der Waals surface area contributed by atoms with Gasteiger partial charge in [0, 0.05) is 29.9 Å². The normalized spacial score (nSPS) is 16.4. The molecular weight excluding hydrogens is 322 g/mol. The van der Waals surface area contributed by atoms with Crippen molar-refractivity contribution in [3.8, 4) is 0 Å². The summed E-state index contributed by atoms with van der Waals surface area (Å²) in [5.41, 5.74) is 12.4. The second-order valence-corrected chi connectivity index (χ2v) is 7.04. The Bertz CT molecular complexity index is 811. The molecule has 4 heteroatoms. The molecule has 4 nitrogen and oxygen atoms in total. The fourth-order valence-corrected chi connectivity index (χ4v) is 3.92. The van der Waals surface area contributed by atoms with Gasteiger partial charge in [-0.2, -0.15) is 0 Å². The molecule has 1 aliphatic heterocycles. The van der Waals surface area contributed by atoms with E-state index in [2.05, 4.69) is 43.9 Å². The van der Waals surface area contributed by atoms with E-state index in [1.807, 2.05) is 30.0 Å². The van der Waals surface area contributed by atoms with Crippen LogP contribution in [0.4, 0.5) is 5.69 Å². The lowest BCUT2D eigenvalue weighted by atomic mass is 9.91. The largest absolute Gasteiger partial charge is 0.398 e. The molecule has 1 atom stereocenters. The maximum absolute atomic E-state index is 13.1. The fourth-order valence-electron chi connectivity index (χ4n) is 3.92. The van der Waals surface area contributed by atoms with Crippen molar-refractivity contribution in [2.24, 2.45) is 0 Å². The number of likely N-dealkylation sites (N-methyl/N-ethyl adjacent to an activating group) is 1. The quantitative estimate of drug-likeness (QED) is 0.806. The minimum Gasteiger partial charge on any atom is -0.398 e. The van der Waals surface area contributed by atoms with Gasteiger partial charge in [-0.05, 0) is 49.7 Å². The zero-order valence-corrected chi connectivity index (χ0v) is 16.2. The summed E-state index contributed by atoms with van der Waals surface area (Å²) < 4.78 is 0. The van der Waals surface area contributed by atoms with E-state index >= 15 is 0 Å². The third-order valence-electron chi connectivity index (χ3n) is 5.61. The van der Waals surface area contributed by atoms with Crippen molar-refractivity contribution in [1.82, 2.24) is 9.80 Å². The predicted molar refractivity (Wildman–Crippen MR) is 107 cm³/mol. The summed E-state index contributed by atoms with van der Waals surface area (Å²) >= 11 is 0. The van der Waals surface area contributed by atoms with Gasteiger partial charge >= 0.3 is 0 Å². The summed E-state index contributed by atoms with van der Waals surface area (Å²) in [4.78, 5) is 17.5. The Morgan fingerprint density at radius 2 is 1.69 bits per heavy atom. The van der Waals surface area contributed by atoms with E-state index in [4.69, 9.17) is 5.73 Å². The maximum atomic E-state index is 13.1. The number of carbonyl (C=O) groups excluding carboxylic acids is 1. The molecule has 1 heterocycles. The first-order valence-electron chi connectivity index (χ1n) is 9.47. The first kappa shape index (κ1) is 18.5. The number of fused-ring (bicyclic) bond motifs is 1. The van der Waals surface area contributed by atoms with Crippen LogP contribution in [0.15, 0.2) is 36.4 Å². The predicted octanol–water partition coefficient (Wildman–Crippen LogP) is 3.77. The van der Waals surface area contributed by atoms with Crippen molar-refractivity contribution in [3.05, 3.63) is 64.2 Å². The Hall–Kier alpha value is -2.33. The highest BCUT2D eigenvalue weighted by Crippen LogP contribution is 2.42. The first-order chi connectivity index (χ1) is 12.5. The summed E-state index contributed by atoms with van der Waals surface area (Å²) in [5, 5.41) is 0. The molecule has 0 bridgehead atoms. The van der Waals surface area contributed by atoms with Crippen LogP contribution in [0.3, 0.4) is 0 Å². The molecular formula is C22H29N3O. The highest BCUT2D eigenvalue weighted by molar-refractivity contribution is 6.00. The van der Waals surface area contributed by atoms with E-state index in [1.54, 1.807) is 0 Å². The summed E-state index contributed by atoms with van der Waals surface area (Å²) in [6, 6.07) is 12.0. The number of anilines is 1. The molecule has 2 aromatic rings. The molecule has 0 saturated carbocycles. The van der Waals surface area contributed by atoms with Crippen molar-refractivity contribution in [3.63, 3.8) is 0 Å². The Morgan fingerprint density at radius 3 is 2.38 bits per heavy atom. The number of carbonyl (C=O) groups is 1. The molecule has 0 aliphatic carbocycles. The molecule has 0 spiro atoms. The van der Waals surface area contributed by atoms with Gasteiger partial charge in [0.1, 0.15) is 0 Å². The van der Waals surface area contributed by atoms with Crippen LogP contribution in [0, 0.1) is 13.8 Å². The van der Waals surface area contributed by atoms with Gasteiger partial charge in [-0.1, -0.05) is 44.2 Å². The smallest absolute Gasteiger partial charge is 0.255 e. The highest BCUT2D eigenvalue weighted by atomic mass is 16.2. The standard InChI is InChI=1S/C22H29N3O/c1-5-24(6-2)13-14-25-21(17-9-7-8-10-18(17)22(25)26)19-15(3)11-12-16(4)20(19)23/h7-12,21H,5-6,13-14,23H2,1-4H3. The second kappa shape index (κ2) is 7.50. The monoisotopic (exact) mass is 351 g/mol. The van der Waals surface area contributed by atoms with Crippen LogP contribution in [0.1, 0.15) is 52.5 Å². The van der Waals surface area contributed by atoms with Crippen molar-refractivity contribution >= 4 is 11.6 Å². The average molecular weight is 351 g/mol. The van der Waals surface area contributed by atoms with Gasteiger partial charge in [0.25, 0.3) is 5.91 Å². The van der Waals surface area contributed by atoms with Crippen molar-refractivity contribution < 1.29 is 4.79 Å². The zero-order chi connectivity index (χ0) is 18.8. The number of hydrogen-bond donors (Lipinski definition) is 1. The van der Waals surface area contributed by atoms with Crippen molar-refractivity contribution in [1.29, 1.82) is 0 Å². The number of nitrogens with two attached hydrogens (primary N) is 1. The molecule has 0 fully saturated rings. The molecule has 26 heavy (non-hydrogen) atoms. The molecule has 1 unspecified atom stereocenters. The summed E-state index contributed by atoms with van der Waals surface area (Å²) in [6.07, 6.45) is 0. The van der Waals surface area contributed by atoms with E-state index in [-0.39, 0.29) is 11.9 Å². The number of amides is 1. The Kier molecular flexibility index (Phi) is 5.33. The Balaban J connectivity index is 2.07. The number of hydrogen-bond acceptors (Lipinski definition) is 3. The SMILES string of the molecule is CCN(CC)CCN1C(=O)c2ccccc2C1c1c(C)ccc(C)c1N. The molecule has 1 aliphatic rings. The molecule has 138 valence electrons. The molecule has 0 saturated heterocycles. The van der Waals surface area contributed by atoms with Gasteiger partial charge in [0.15, 0.2) is 0 Å². The van der Waals surface area contributed by atoms with E-state index in [0.29, 0.717) is 6.54 Å². The topological polar surface area (TPSA) is 49.6 Å². The zero-order valence-electron chi connectivity index (χ0n) is 16.2. The fraction of sp³-hybridized carbons (Fsp3) is 0.409. The molecule has 0 radical (unpaired) electrons. The van der Waals surface area contributed by atoms with Gasteiger partial charge in [-0.25, -0.2) is 0 Å². The molecule has 2 N–H and O–H groups in total. The number of nitrogens with zero attached hydrogens (tertiary/aromatic N) is 2. The van der Waals surface area contributed by atoms with E-state index in [9.17, 15) is 4.79 Å². The lowest BCUT2D eigenvalue weighted by Crippen LogP contribution is -2.38. The second-order valence-electron chi connectivity index (χ2n) is 7.04. The number of nitrogen functional groups attached to an aromatic ring is 1. The summed E-state index contributed by atoms with van der Waals surface area (Å²) in [5.74, 6) is 0.109. The van der Waals surface area contributed by atoms with Crippen LogP contribution in [0.25, 0.3) is 0 Å². The molecule has 1 amide bonds. The van der Waals surface area contributed by atoms with Gasteiger partial charge in [0.05, 0.1) is 6.04 Å². The van der Waals surface area contributed by atoms with E-state index in [1.165, 1.54) is 0 Å². The van der Waals surface area contributed by atoms with E-state index < -0.39 is 0 Å². The van der Waals surface area contributed by atoms with Crippen LogP contribution >= 0.6 is 0 Å². The maximum Gasteiger partial charge on any atom is 0.255 e. The molecule has 2 aromatic carbocycles. The Morgan fingerprint density at radius 1 is 1.04 bits per heavy atom. The van der Waals surface area contributed by atoms with Crippen LogP contribution in [0.5, 0.6) is 0 Å². The molecule has 0 aromatic heterocycles. The minimum absolute atomic E-state index is 0.103. The van der Waals surface area contributed by atoms with Gasteiger partial charge < -0.3 is 15.5 Å². The average Bonchev–Trinajstić information content (AvgIpc) is 2.92. The lowest BCUT2D eigenvalue weighted by Gasteiger charge is -2.30. The van der Waals surface area contributed by atoms with Crippen LogP contribution in [-0.2, 0) is 0 Å². The van der Waals surface area contributed by atoms with Crippen molar-refractivity contribution in [2.75, 3.05) is 31.9 Å². The number of benzene rings is 2. The Labute approximate surface area is 156 Å². The summed E-state index contributed by atoms with van der Waals surface area (Å²) in [7, 11) is 0. The third kappa shape index (κ3) is 3.10. The highest BCUT2D eigenvalue weighted by Gasteiger charge is 2.38. The first-order valence-corrected chi connectivity index (χ1v) is 9.47. The van der Waals surface area contributed by atoms with Crippen molar-refractivity contribution in [2.45, 2.75) is 33.7 Å². The van der Waals surface area contributed by atoms with Gasteiger partial charge in [0.2, 0.25) is 0 Å². The third-order valence-corrected chi connectivity index (χ3v) is 5.61. The van der Waals surface area contributed by atoms with Crippen LogP contribution < -0.4 is 5.73 Å². The van der Waals surface area contributed by atoms with Crippen LogP contribution in [0.2, 0.25) is 0 Å². The van der Waals surface area contributed by atoms with Gasteiger partial charge in [-0.3, -0.25) is 4.79 Å². The summed E-state index contributed by atoms with van der Waals surface area (Å²) in [6.45, 7) is 12.0. The lowest BCUT2D eigenvalue weighted by molar-refractivity contribution is 0.0729. The molecule has 3 rings (SSSR count). The number of rotatable bonds is 6. The van der Waals surface area contributed by atoms with E-state index in [0.717, 1.165) is 53.1 Å². The van der Waals surface area contributed by atoms with Gasteiger partial charge in [-0.15, -0.1) is 0 Å².